The third-order valence-electron chi connectivity index (χ3n) is 3.35. The molecule has 0 radical (unpaired) electrons. The molecule has 1 unspecified atom stereocenters. The van der Waals surface area contributed by atoms with Crippen molar-refractivity contribution < 1.29 is 8.78 Å². The largest absolute Gasteiger partial charge is 0.311 e. The molecule has 1 nitrogen and oxygen atoms in total. The molecule has 0 aliphatic heterocycles. The van der Waals surface area contributed by atoms with Crippen LogP contribution >= 0.6 is 0 Å². The molecule has 0 spiro atoms. The van der Waals surface area contributed by atoms with E-state index in [1.165, 1.54) is 12.1 Å². The predicted molar refractivity (Wildman–Crippen MR) is 69.7 cm³/mol. The average Bonchev–Trinajstić information content (AvgIpc) is 2.41. The summed E-state index contributed by atoms with van der Waals surface area (Å²) >= 11 is 0. The van der Waals surface area contributed by atoms with Gasteiger partial charge in [0.1, 0.15) is 0 Å². The third kappa shape index (κ3) is 3.64. The van der Waals surface area contributed by atoms with Crippen molar-refractivity contribution in [1.29, 1.82) is 0 Å². The normalized spacial score (nSPS) is 20.0. The highest BCUT2D eigenvalue weighted by molar-refractivity contribution is 5.20. The van der Waals surface area contributed by atoms with Crippen LogP contribution in [0.4, 0.5) is 8.78 Å². The molecule has 18 heavy (non-hydrogen) atoms. The van der Waals surface area contributed by atoms with Gasteiger partial charge in [0.05, 0.1) is 6.54 Å². The molecular formula is C15H19F2N. The van der Waals surface area contributed by atoms with Crippen molar-refractivity contribution in [2.45, 2.75) is 25.2 Å². The summed E-state index contributed by atoms with van der Waals surface area (Å²) in [6.45, 7) is 0.393. The van der Waals surface area contributed by atoms with Crippen molar-refractivity contribution in [3.8, 4) is 0 Å². The summed E-state index contributed by atoms with van der Waals surface area (Å²) in [5.74, 6) is -2.28. The second-order valence-corrected chi connectivity index (χ2v) is 4.85. The van der Waals surface area contributed by atoms with E-state index < -0.39 is 5.92 Å². The van der Waals surface area contributed by atoms with Gasteiger partial charge in [0.15, 0.2) is 0 Å². The van der Waals surface area contributed by atoms with Crippen molar-refractivity contribution in [3.63, 3.8) is 0 Å². The topological polar surface area (TPSA) is 12.0 Å². The molecule has 98 valence electrons. The Bertz CT molecular complexity index is 387. The van der Waals surface area contributed by atoms with Crippen molar-refractivity contribution >= 4 is 0 Å². The van der Waals surface area contributed by atoms with Gasteiger partial charge in [-0.25, -0.2) is 0 Å². The number of hydrogen-bond donors (Lipinski definition) is 1. The Morgan fingerprint density at radius 1 is 1.17 bits per heavy atom. The van der Waals surface area contributed by atoms with Gasteiger partial charge in [-0.2, -0.15) is 8.78 Å². The lowest BCUT2D eigenvalue weighted by atomic mass is 9.94. The van der Waals surface area contributed by atoms with Crippen LogP contribution in [0.2, 0.25) is 0 Å². The summed E-state index contributed by atoms with van der Waals surface area (Å²) in [7, 11) is 0. The zero-order valence-electron chi connectivity index (χ0n) is 10.4. The summed E-state index contributed by atoms with van der Waals surface area (Å²) in [6, 6.07) is 8.00. The molecule has 3 heteroatoms. The Morgan fingerprint density at radius 3 is 2.61 bits per heavy atom. The lowest BCUT2D eigenvalue weighted by Gasteiger charge is -2.21. The van der Waals surface area contributed by atoms with Crippen LogP contribution in [0.25, 0.3) is 0 Å². The Morgan fingerprint density at radius 2 is 1.94 bits per heavy atom. The van der Waals surface area contributed by atoms with E-state index in [0.717, 1.165) is 19.3 Å². The number of allylic oxidation sites excluding steroid dienone is 2. The Balaban J connectivity index is 1.80. The third-order valence-corrected chi connectivity index (χ3v) is 3.35. The minimum absolute atomic E-state index is 0.0843. The molecular weight excluding hydrogens is 232 g/mol. The first-order chi connectivity index (χ1) is 8.68. The first kappa shape index (κ1) is 13.2. The van der Waals surface area contributed by atoms with E-state index >= 15 is 0 Å². The maximum Gasteiger partial charge on any atom is 0.285 e. The highest BCUT2D eigenvalue weighted by Gasteiger charge is 2.30. The Labute approximate surface area is 107 Å². The van der Waals surface area contributed by atoms with Gasteiger partial charge in [0, 0.05) is 5.56 Å². The molecule has 0 bridgehead atoms. The molecule has 0 aromatic heterocycles. The van der Waals surface area contributed by atoms with Crippen LogP contribution in [-0.4, -0.2) is 13.1 Å². The Kier molecular flexibility index (Phi) is 4.48. The molecule has 1 aromatic rings. The van der Waals surface area contributed by atoms with Crippen LogP contribution in [0.3, 0.4) is 0 Å². The SMILES string of the molecule is FC(F)(CNCC1CC=CCC1)c1ccccc1. The number of halogens is 2. The second kappa shape index (κ2) is 6.10. The van der Waals surface area contributed by atoms with E-state index in [9.17, 15) is 8.78 Å². The van der Waals surface area contributed by atoms with Crippen LogP contribution in [0.1, 0.15) is 24.8 Å². The van der Waals surface area contributed by atoms with Crippen LogP contribution in [0.15, 0.2) is 42.5 Å². The van der Waals surface area contributed by atoms with E-state index in [1.807, 2.05) is 0 Å². The first-order valence-electron chi connectivity index (χ1n) is 6.47. The molecule has 1 N–H and O–H groups in total. The van der Waals surface area contributed by atoms with Crippen molar-refractivity contribution in [1.82, 2.24) is 5.32 Å². The highest BCUT2D eigenvalue weighted by Crippen LogP contribution is 2.27. The van der Waals surface area contributed by atoms with E-state index in [-0.39, 0.29) is 12.1 Å². The number of alkyl halides is 2. The summed E-state index contributed by atoms with van der Waals surface area (Å²) in [5.41, 5.74) is 0.0843. The van der Waals surface area contributed by atoms with Gasteiger partial charge >= 0.3 is 0 Å². The molecule has 1 aromatic carbocycles. The minimum Gasteiger partial charge on any atom is -0.311 e. The molecule has 0 saturated carbocycles. The zero-order valence-corrected chi connectivity index (χ0v) is 10.4. The standard InChI is InChI=1S/C15H19F2N/c16-15(17,14-9-5-2-6-10-14)12-18-11-13-7-3-1-4-8-13/h1-3,5-6,9-10,13,18H,4,7-8,11-12H2. The van der Waals surface area contributed by atoms with Gasteiger partial charge in [-0.1, -0.05) is 42.5 Å². The van der Waals surface area contributed by atoms with Crippen LogP contribution < -0.4 is 5.32 Å². The molecule has 0 saturated heterocycles. The second-order valence-electron chi connectivity index (χ2n) is 4.85. The molecule has 0 heterocycles. The van der Waals surface area contributed by atoms with Gasteiger partial charge < -0.3 is 5.32 Å². The molecule has 1 atom stereocenters. The average molecular weight is 251 g/mol. The van der Waals surface area contributed by atoms with Crippen LogP contribution in [-0.2, 0) is 5.92 Å². The van der Waals surface area contributed by atoms with Crippen molar-refractivity contribution in [2.75, 3.05) is 13.1 Å². The van der Waals surface area contributed by atoms with Crippen molar-refractivity contribution in [3.05, 3.63) is 48.0 Å². The fourth-order valence-electron chi connectivity index (χ4n) is 2.26. The summed E-state index contributed by atoms with van der Waals surface area (Å²) < 4.78 is 27.7. The fraction of sp³-hybridized carbons (Fsp3) is 0.467. The molecule has 1 aliphatic carbocycles. The molecule has 0 amide bonds. The van der Waals surface area contributed by atoms with E-state index in [2.05, 4.69) is 17.5 Å². The van der Waals surface area contributed by atoms with Crippen LogP contribution in [0.5, 0.6) is 0 Å². The predicted octanol–water partition coefficient (Wildman–Crippen LogP) is 3.72. The number of nitrogens with one attached hydrogen (secondary N) is 1. The smallest absolute Gasteiger partial charge is 0.285 e. The summed E-state index contributed by atoms with van der Waals surface area (Å²) in [5, 5.41) is 2.91. The van der Waals surface area contributed by atoms with E-state index in [4.69, 9.17) is 0 Å². The minimum atomic E-state index is -2.79. The van der Waals surface area contributed by atoms with Gasteiger partial charge in [-0.3, -0.25) is 0 Å². The quantitative estimate of drug-likeness (QED) is 0.786. The monoisotopic (exact) mass is 251 g/mol. The lowest BCUT2D eigenvalue weighted by molar-refractivity contribution is -0.00387. The van der Waals surface area contributed by atoms with Crippen LogP contribution in [0, 0.1) is 5.92 Å². The summed E-state index contributed by atoms with van der Waals surface area (Å²) in [6.07, 6.45) is 7.48. The van der Waals surface area contributed by atoms with E-state index in [1.54, 1.807) is 18.2 Å². The van der Waals surface area contributed by atoms with Gasteiger partial charge in [0.25, 0.3) is 5.92 Å². The number of hydrogen-bond acceptors (Lipinski definition) is 1. The maximum absolute atomic E-state index is 13.8. The zero-order chi connectivity index (χ0) is 12.8. The Hall–Kier alpha value is -1.22. The maximum atomic E-state index is 13.8. The first-order valence-corrected chi connectivity index (χ1v) is 6.47. The van der Waals surface area contributed by atoms with Gasteiger partial charge in [-0.15, -0.1) is 0 Å². The lowest BCUT2D eigenvalue weighted by Crippen LogP contribution is -2.34. The molecule has 1 aliphatic rings. The number of rotatable bonds is 5. The number of benzene rings is 1. The summed E-state index contributed by atoms with van der Waals surface area (Å²) in [4.78, 5) is 0. The van der Waals surface area contributed by atoms with Gasteiger partial charge in [-0.05, 0) is 31.7 Å². The highest BCUT2D eigenvalue weighted by atomic mass is 19.3. The van der Waals surface area contributed by atoms with E-state index in [0.29, 0.717) is 12.5 Å². The molecule has 2 rings (SSSR count). The fourth-order valence-corrected chi connectivity index (χ4v) is 2.26. The molecule has 0 fully saturated rings. The van der Waals surface area contributed by atoms with Crippen molar-refractivity contribution in [2.24, 2.45) is 5.92 Å². The van der Waals surface area contributed by atoms with Gasteiger partial charge in [0.2, 0.25) is 0 Å².